The van der Waals surface area contributed by atoms with Gasteiger partial charge in [-0.05, 0) is 38.1 Å². The Morgan fingerprint density at radius 1 is 1.42 bits per heavy atom. The Balaban J connectivity index is 2.00. The molecule has 0 aromatic rings. The zero-order chi connectivity index (χ0) is 8.97. The molecule has 0 aromatic carbocycles. The number of nitrogens with one attached hydrogen (secondary N) is 1. The molecule has 0 heterocycles. The lowest BCUT2D eigenvalue weighted by Crippen LogP contribution is -2.28. The van der Waals surface area contributed by atoms with Crippen molar-refractivity contribution in [3.05, 3.63) is 0 Å². The highest BCUT2D eigenvalue weighted by atomic mass is 16.3. The first kappa shape index (κ1) is 10.0. The Labute approximate surface area is 75.4 Å². The van der Waals surface area contributed by atoms with Crippen LogP contribution in [-0.2, 0) is 0 Å². The Morgan fingerprint density at radius 2 is 2.17 bits per heavy atom. The number of rotatable bonds is 4. The molecule has 12 heavy (non-hydrogen) atoms. The fourth-order valence-corrected chi connectivity index (χ4v) is 1.72. The van der Waals surface area contributed by atoms with Gasteiger partial charge in [-0.25, -0.2) is 0 Å². The van der Waals surface area contributed by atoms with Crippen LogP contribution in [0.25, 0.3) is 0 Å². The molecular weight excluding hydrogens is 150 g/mol. The van der Waals surface area contributed by atoms with Gasteiger partial charge in [-0.2, -0.15) is 0 Å². The second-order valence-electron chi connectivity index (χ2n) is 4.30. The highest BCUT2D eigenvalue weighted by molar-refractivity contribution is 4.79. The summed E-state index contributed by atoms with van der Waals surface area (Å²) in [6.45, 7) is 5.59. The summed E-state index contributed by atoms with van der Waals surface area (Å²) < 4.78 is 0. The topological polar surface area (TPSA) is 32.3 Å². The second kappa shape index (κ2) is 4.83. The van der Waals surface area contributed by atoms with Crippen molar-refractivity contribution in [2.24, 2.45) is 5.92 Å². The first-order valence-corrected chi connectivity index (χ1v) is 5.10. The molecule has 2 nitrogen and oxygen atoms in total. The summed E-state index contributed by atoms with van der Waals surface area (Å²) in [6.07, 6.45) is 4.30. The molecule has 2 N–H and O–H groups in total. The molecule has 0 amide bonds. The maximum Gasteiger partial charge on any atom is 0.0555 e. The van der Waals surface area contributed by atoms with E-state index in [1.54, 1.807) is 0 Å². The predicted octanol–water partition coefficient (Wildman–Crippen LogP) is 1.54. The first-order chi connectivity index (χ1) is 5.68. The minimum absolute atomic E-state index is 0.0402. The molecule has 0 aliphatic heterocycles. The van der Waals surface area contributed by atoms with Crippen LogP contribution in [0.1, 0.15) is 39.5 Å². The van der Waals surface area contributed by atoms with E-state index in [1.165, 1.54) is 6.42 Å². The molecule has 0 aromatic heterocycles. The van der Waals surface area contributed by atoms with Gasteiger partial charge < -0.3 is 10.4 Å². The van der Waals surface area contributed by atoms with E-state index in [0.717, 1.165) is 31.7 Å². The Hall–Kier alpha value is -0.0800. The highest BCUT2D eigenvalue weighted by Crippen LogP contribution is 2.18. The van der Waals surface area contributed by atoms with Crippen LogP contribution >= 0.6 is 0 Å². The minimum atomic E-state index is -0.0402. The van der Waals surface area contributed by atoms with Crippen LogP contribution in [0.3, 0.4) is 0 Å². The standard InChI is InChI=1S/C10H21NO/c1-8(2)5-6-11-9-3-4-10(12)7-9/h8-12H,3-7H2,1-2H3/t9-,10+/m1/s1. The van der Waals surface area contributed by atoms with E-state index in [2.05, 4.69) is 19.2 Å². The summed E-state index contributed by atoms with van der Waals surface area (Å²) in [5.74, 6) is 0.781. The van der Waals surface area contributed by atoms with E-state index in [-0.39, 0.29) is 6.10 Å². The van der Waals surface area contributed by atoms with Gasteiger partial charge in [-0.3, -0.25) is 0 Å². The van der Waals surface area contributed by atoms with Crippen LogP contribution in [0.4, 0.5) is 0 Å². The SMILES string of the molecule is CC(C)CCN[C@@H]1CC[C@H](O)C1. The van der Waals surface area contributed by atoms with Crippen molar-refractivity contribution in [3.8, 4) is 0 Å². The third-order valence-electron chi connectivity index (χ3n) is 2.56. The minimum Gasteiger partial charge on any atom is -0.393 e. The molecule has 1 aliphatic rings. The smallest absolute Gasteiger partial charge is 0.0555 e. The van der Waals surface area contributed by atoms with Gasteiger partial charge in [-0.1, -0.05) is 13.8 Å². The van der Waals surface area contributed by atoms with E-state index < -0.39 is 0 Å². The van der Waals surface area contributed by atoms with Gasteiger partial charge in [0.1, 0.15) is 0 Å². The summed E-state index contributed by atoms with van der Waals surface area (Å²) in [5, 5.41) is 12.8. The van der Waals surface area contributed by atoms with Crippen molar-refractivity contribution in [3.63, 3.8) is 0 Å². The Morgan fingerprint density at radius 3 is 2.67 bits per heavy atom. The zero-order valence-corrected chi connectivity index (χ0v) is 8.21. The van der Waals surface area contributed by atoms with Gasteiger partial charge in [0.2, 0.25) is 0 Å². The van der Waals surface area contributed by atoms with Crippen LogP contribution in [-0.4, -0.2) is 23.8 Å². The molecule has 0 saturated heterocycles. The lowest BCUT2D eigenvalue weighted by atomic mass is 10.1. The number of aliphatic hydroxyl groups is 1. The molecule has 1 saturated carbocycles. The molecule has 1 aliphatic carbocycles. The van der Waals surface area contributed by atoms with Crippen molar-refractivity contribution in [1.29, 1.82) is 0 Å². The number of hydrogen-bond acceptors (Lipinski definition) is 2. The largest absolute Gasteiger partial charge is 0.393 e. The Bertz CT molecular complexity index is 125. The third kappa shape index (κ3) is 3.55. The molecule has 0 unspecified atom stereocenters. The van der Waals surface area contributed by atoms with Gasteiger partial charge in [0.25, 0.3) is 0 Å². The second-order valence-corrected chi connectivity index (χ2v) is 4.30. The molecule has 0 bridgehead atoms. The number of hydrogen-bond donors (Lipinski definition) is 2. The van der Waals surface area contributed by atoms with Crippen LogP contribution in [0.2, 0.25) is 0 Å². The summed E-state index contributed by atoms with van der Waals surface area (Å²) >= 11 is 0. The summed E-state index contributed by atoms with van der Waals surface area (Å²) in [7, 11) is 0. The molecule has 72 valence electrons. The van der Waals surface area contributed by atoms with Gasteiger partial charge in [0.15, 0.2) is 0 Å². The summed E-state index contributed by atoms with van der Waals surface area (Å²) in [6, 6.07) is 0.582. The zero-order valence-electron chi connectivity index (χ0n) is 8.21. The maximum atomic E-state index is 9.27. The average Bonchev–Trinajstić information content (AvgIpc) is 2.35. The van der Waals surface area contributed by atoms with E-state index >= 15 is 0 Å². The first-order valence-electron chi connectivity index (χ1n) is 5.10. The molecule has 0 radical (unpaired) electrons. The molecular formula is C10H21NO. The highest BCUT2D eigenvalue weighted by Gasteiger charge is 2.21. The lowest BCUT2D eigenvalue weighted by molar-refractivity contribution is 0.179. The predicted molar refractivity (Wildman–Crippen MR) is 51.1 cm³/mol. The quantitative estimate of drug-likeness (QED) is 0.672. The third-order valence-corrected chi connectivity index (χ3v) is 2.56. The van der Waals surface area contributed by atoms with Crippen molar-refractivity contribution >= 4 is 0 Å². The maximum absolute atomic E-state index is 9.27. The lowest BCUT2D eigenvalue weighted by Gasteiger charge is -2.12. The summed E-state index contributed by atoms with van der Waals surface area (Å²) in [5.41, 5.74) is 0. The Kier molecular flexibility index (Phi) is 4.02. The van der Waals surface area contributed by atoms with Crippen LogP contribution in [0, 0.1) is 5.92 Å². The van der Waals surface area contributed by atoms with E-state index in [9.17, 15) is 5.11 Å². The number of aliphatic hydroxyl groups excluding tert-OH is 1. The van der Waals surface area contributed by atoms with E-state index in [4.69, 9.17) is 0 Å². The average molecular weight is 171 g/mol. The van der Waals surface area contributed by atoms with Crippen LogP contribution in [0.5, 0.6) is 0 Å². The molecule has 1 rings (SSSR count). The normalized spacial score (nSPS) is 30.0. The molecule has 2 atom stereocenters. The molecule has 2 heteroatoms. The molecule has 0 spiro atoms. The van der Waals surface area contributed by atoms with E-state index in [0.29, 0.717) is 6.04 Å². The summed E-state index contributed by atoms with van der Waals surface area (Å²) in [4.78, 5) is 0. The fraction of sp³-hybridized carbons (Fsp3) is 1.00. The van der Waals surface area contributed by atoms with E-state index in [1.807, 2.05) is 0 Å². The van der Waals surface area contributed by atoms with Crippen molar-refractivity contribution < 1.29 is 5.11 Å². The van der Waals surface area contributed by atoms with Crippen molar-refractivity contribution in [2.75, 3.05) is 6.54 Å². The van der Waals surface area contributed by atoms with Crippen molar-refractivity contribution in [1.82, 2.24) is 5.32 Å². The van der Waals surface area contributed by atoms with Crippen molar-refractivity contribution in [2.45, 2.75) is 51.7 Å². The van der Waals surface area contributed by atoms with Gasteiger partial charge in [0, 0.05) is 6.04 Å². The monoisotopic (exact) mass is 171 g/mol. The fourth-order valence-electron chi connectivity index (χ4n) is 1.72. The molecule has 1 fully saturated rings. The van der Waals surface area contributed by atoms with Gasteiger partial charge in [-0.15, -0.1) is 0 Å². The van der Waals surface area contributed by atoms with Gasteiger partial charge >= 0.3 is 0 Å². The van der Waals surface area contributed by atoms with Crippen LogP contribution < -0.4 is 5.32 Å². The van der Waals surface area contributed by atoms with Crippen LogP contribution in [0.15, 0.2) is 0 Å². The van der Waals surface area contributed by atoms with Gasteiger partial charge in [0.05, 0.1) is 6.10 Å².